The van der Waals surface area contributed by atoms with Crippen molar-refractivity contribution in [2.75, 3.05) is 0 Å². The van der Waals surface area contributed by atoms with Gasteiger partial charge >= 0.3 is 0 Å². The molecule has 0 aromatic heterocycles. The summed E-state index contributed by atoms with van der Waals surface area (Å²) in [6.45, 7) is 0. The van der Waals surface area contributed by atoms with Crippen LogP contribution in [-0.4, -0.2) is 11.8 Å². The van der Waals surface area contributed by atoms with Crippen LogP contribution < -0.4 is 11.1 Å². The smallest absolute Gasteiger partial charge is 0.244 e. The van der Waals surface area contributed by atoms with Gasteiger partial charge in [-0.2, -0.15) is 0 Å². The van der Waals surface area contributed by atoms with Crippen molar-refractivity contribution in [1.82, 2.24) is 5.32 Å². The maximum atomic E-state index is 13.5. The van der Waals surface area contributed by atoms with E-state index in [1.54, 1.807) is 30.3 Å². The standard InChI is InChI=1S/C17H16F2N2O2/c18-13-7-8-14(19)12(10-13)6-9-15(22)21-16(17(20)23)11-4-2-1-3-5-11/h1-5,7-8,10,16H,6,9H2,(H2,20,23)(H,21,22)/t16-/m0/s1. The maximum Gasteiger partial charge on any atom is 0.244 e. The Bertz CT molecular complexity index is 705. The number of amides is 2. The van der Waals surface area contributed by atoms with Gasteiger partial charge in [0.25, 0.3) is 0 Å². The molecule has 1 atom stereocenters. The Hall–Kier alpha value is -2.76. The first-order chi connectivity index (χ1) is 11.0. The van der Waals surface area contributed by atoms with E-state index in [0.29, 0.717) is 5.56 Å². The van der Waals surface area contributed by atoms with Crippen LogP contribution in [0.3, 0.4) is 0 Å². The lowest BCUT2D eigenvalue weighted by molar-refractivity contribution is -0.127. The van der Waals surface area contributed by atoms with Crippen molar-refractivity contribution in [3.05, 3.63) is 71.3 Å². The highest BCUT2D eigenvalue weighted by atomic mass is 19.1. The molecular formula is C17H16F2N2O2. The van der Waals surface area contributed by atoms with Crippen molar-refractivity contribution < 1.29 is 18.4 Å². The molecule has 120 valence electrons. The summed E-state index contributed by atoms with van der Waals surface area (Å²) in [5, 5.41) is 2.51. The van der Waals surface area contributed by atoms with Crippen LogP contribution in [0.25, 0.3) is 0 Å². The van der Waals surface area contributed by atoms with E-state index in [4.69, 9.17) is 5.73 Å². The Labute approximate surface area is 132 Å². The van der Waals surface area contributed by atoms with Crippen molar-refractivity contribution >= 4 is 11.8 Å². The van der Waals surface area contributed by atoms with Gasteiger partial charge in [0.05, 0.1) is 0 Å². The second-order valence-electron chi connectivity index (χ2n) is 5.05. The third-order valence-electron chi connectivity index (χ3n) is 3.35. The zero-order valence-corrected chi connectivity index (χ0v) is 12.3. The summed E-state index contributed by atoms with van der Waals surface area (Å²) in [5.41, 5.74) is 5.97. The van der Waals surface area contributed by atoms with Gasteiger partial charge in [0, 0.05) is 6.42 Å². The van der Waals surface area contributed by atoms with Gasteiger partial charge < -0.3 is 11.1 Å². The van der Waals surface area contributed by atoms with Crippen LogP contribution in [0.15, 0.2) is 48.5 Å². The largest absolute Gasteiger partial charge is 0.368 e. The van der Waals surface area contributed by atoms with Crippen LogP contribution in [0.2, 0.25) is 0 Å². The highest BCUT2D eigenvalue weighted by Gasteiger charge is 2.20. The minimum atomic E-state index is -0.957. The predicted molar refractivity (Wildman–Crippen MR) is 81.2 cm³/mol. The minimum Gasteiger partial charge on any atom is -0.368 e. The van der Waals surface area contributed by atoms with Gasteiger partial charge in [-0.3, -0.25) is 9.59 Å². The number of hydrogen-bond acceptors (Lipinski definition) is 2. The molecule has 0 bridgehead atoms. The molecule has 0 aliphatic rings. The molecule has 2 amide bonds. The van der Waals surface area contributed by atoms with Crippen LogP contribution in [-0.2, 0) is 16.0 Å². The predicted octanol–water partition coefficient (Wildman–Crippen LogP) is 2.24. The van der Waals surface area contributed by atoms with Crippen LogP contribution in [0.4, 0.5) is 8.78 Å². The first kappa shape index (κ1) is 16.6. The zero-order chi connectivity index (χ0) is 16.8. The van der Waals surface area contributed by atoms with E-state index < -0.39 is 29.5 Å². The summed E-state index contributed by atoms with van der Waals surface area (Å²) in [6.07, 6.45) is -0.0628. The quantitative estimate of drug-likeness (QED) is 0.857. The molecule has 0 fully saturated rings. The number of hydrogen-bond donors (Lipinski definition) is 2. The molecule has 0 aliphatic carbocycles. The highest BCUT2D eigenvalue weighted by molar-refractivity contribution is 5.87. The molecule has 0 unspecified atom stereocenters. The molecule has 4 nitrogen and oxygen atoms in total. The Balaban J connectivity index is 2.00. The third kappa shape index (κ3) is 4.60. The monoisotopic (exact) mass is 318 g/mol. The molecule has 0 heterocycles. The molecule has 0 aliphatic heterocycles. The number of aryl methyl sites for hydroxylation is 1. The summed E-state index contributed by atoms with van der Waals surface area (Å²) in [7, 11) is 0. The van der Waals surface area contributed by atoms with E-state index in [0.717, 1.165) is 18.2 Å². The molecule has 0 spiro atoms. The molecule has 0 saturated carbocycles. The number of benzene rings is 2. The van der Waals surface area contributed by atoms with Crippen molar-refractivity contribution in [2.45, 2.75) is 18.9 Å². The van der Waals surface area contributed by atoms with E-state index in [1.165, 1.54) is 0 Å². The Kier molecular flexibility index (Phi) is 5.41. The average Bonchev–Trinajstić information content (AvgIpc) is 2.54. The van der Waals surface area contributed by atoms with Crippen molar-refractivity contribution in [1.29, 1.82) is 0 Å². The van der Waals surface area contributed by atoms with E-state index in [9.17, 15) is 18.4 Å². The molecule has 6 heteroatoms. The van der Waals surface area contributed by atoms with E-state index in [2.05, 4.69) is 5.32 Å². The van der Waals surface area contributed by atoms with Gasteiger partial charge in [0.1, 0.15) is 17.7 Å². The second-order valence-corrected chi connectivity index (χ2v) is 5.05. The fourth-order valence-corrected chi connectivity index (χ4v) is 2.18. The van der Waals surface area contributed by atoms with Gasteiger partial charge in [0.2, 0.25) is 11.8 Å². The lowest BCUT2D eigenvalue weighted by Crippen LogP contribution is -2.37. The normalized spacial score (nSPS) is 11.7. The van der Waals surface area contributed by atoms with Gasteiger partial charge in [-0.25, -0.2) is 8.78 Å². The number of rotatable bonds is 6. The highest BCUT2D eigenvalue weighted by Crippen LogP contribution is 2.14. The number of nitrogens with one attached hydrogen (secondary N) is 1. The summed E-state index contributed by atoms with van der Waals surface area (Å²) < 4.78 is 26.6. The van der Waals surface area contributed by atoms with E-state index in [1.807, 2.05) is 0 Å². The number of nitrogens with two attached hydrogens (primary N) is 1. The number of primary amides is 1. The molecule has 0 saturated heterocycles. The molecule has 23 heavy (non-hydrogen) atoms. The topological polar surface area (TPSA) is 72.2 Å². The fourth-order valence-electron chi connectivity index (χ4n) is 2.18. The van der Waals surface area contributed by atoms with Gasteiger partial charge in [0.15, 0.2) is 0 Å². The van der Waals surface area contributed by atoms with Crippen LogP contribution in [0.1, 0.15) is 23.6 Å². The molecule has 2 aromatic carbocycles. The zero-order valence-electron chi connectivity index (χ0n) is 12.3. The van der Waals surface area contributed by atoms with Gasteiger partial charge in [-0.05, 0) is 35.7 Å². The SMILES string of the molecule is NC(=O)[C@@H](NC(=O)CCc1cc(F)ccc1F)c1ccccc1. The van der Waals surface area contributed by atoms with Gasteiger partial charge in [-0.1, -0.05) is 30.3 Å². The Morgan fingerprint density at radius 3 is 2.43 bits per heavy atom. The molecule has 3 N–H and O–H groups in total. The summed E-state index contributed by atoms with van der Waals surface area (Å²) in [6, 6.07) is 10.7. The first-order valence-electron chi connectivity index (χ1n) is 7.05. The lowest BCUT2D eigenvalue weighted by Gasteiger charge is -2.16. The molecule has 2 aromatic rings. The average molecular weight is 318 g/mol. The molecule has 0 radical (unpaired) electrons. The summed E-state index contributed by atoms with van der Waals surface area (Å²) in [4.78, 5) is 23.5. The minimum absolute atomic E-state index is 0.0235. The molecular weight excluding hydrogens is 302 g/mol. The maximum absolute atomic E-state index is 13.5. The Morgan fingerprint density at radius 2 is 1.78 bits per heavy atom. The van der Waals surface area contributed by atoms with Crippen molar-refractivity contribution in [3.63, 3.8) is 0 Å². The number of carbonyl (C=O) groups is 2. The Morgan fingerprint density at radius 1 is 1.09 bits per heavy atom. The van der Waals surface area contributed by atoms with E-state index >= 15 is 0 Å². The molecule has 2 rings (SSSR count). The summed E-state index contributed by atoms with van der Waals surface area (Å²) in [5.74, 6) is -2.31. The van der Waals surface area contributed by atoms with Crippen LogP contribution in [0, 0.1) is 11.6 Å². The summed E-state index contributed by atoms with van der Waals surface area (Å²) >= 11 is 0. The van der Waals surface area contributed by atoms with E-state index in [-0.39, 0.29) is 18.4 Å². The van der Waals surface area contributed by atoms with Crippen LogP contribution in [0.5, 0.6) is 0 Å². The van der Waals surface area contributed by atoms with Gasteiger partial charge in [-0.15, -0.1) is 0 Å². The first-order valence-corrected chi connectivity index (χ1v) is 7.05. The van der Waals surface area contributed by atoms with Crippen molar-refractivity contribution in [3.8, 4) is 0 Å². The third-order valence-corrected chi connectivity index (χ3v) is 3.35. The lowest BCUT2D eigenvalue weighted by atomic mass is 10.1. The number of halogens is 2. The number of carbonyl (C=O) groups excluding carboxylic acids is 2. The van der Waals surface area contributed by atoms with Crippen LogP contribution >= 0.6 is 0 Å². The fraction of sp³-hybridized carbons (Fsp3) is 0.176. The second kappa shape index (κ2) is 7.49. The van der Waals surface area contributed by atoms with Crippen molar-refractivity contribution in [2.24, 2.45) is 5.73 Å².